The lowest BCUT2D eigenvalue weighted by Gasteiger charge is -2.34. The summed E-state index contributed by atoms with van der Waals surface area (Å²) in [6, 6.07) is 2.25. The largest absolute Gasteiger partial charge is 0.379 e. The molecule has 0 spiro atoms. The van der Waals surface area contributed by atoms with Crippen LogP contribution in [0.1, 0.15) is 43.7 Å². The van der Waals surface area contributed by atoms with Crippen molar-refractivity contribution in [2.45, 2.75) is 44.2 Å². The van der Waals surface area contributed by atoms with E-state index >= 15 is 0 Å². The normalized spacial score (nSPS) is 21.3. The van der Waals surface area contributed by atoms with Gasteiger partial charge in [0.2, 0.25) is 0 Å². The molecule has 2 atom stereocenters. The molecule has 1 aromatic rings. The molecule has 0 bridgehead atoms. The standard InChI is InChI=1S/C13H22N2OS/c1-16-13(10-5-3-2-4-6-10)12(15-14)11-7-8-17-9-11/h7-10,12-13,15H,2-6,14H2,1H3. The molecule has 3 nitrogen and oxygen atoms in total. The van der Waals surface area contributed by atoms with Gasteiger partial charge < -0.3 is 4.74 Å². The molecule has 0 saturated heterocycles. The molecule has 1 saturated carbocycles. The zero-order valence-electron chi connectivity index (χ0n) is 10.4. The van der Waals surface area contributed by atoms with Gasteiger partial charge in [0.25, 0.3) is 0 Å². The van der Waals surface area contributed by atoms with E-state index in [9.17, 15) is 0 Å². The first kappa shape index (κ1) is 13.0. The summed E-state index contributed by atoms with van der Waals surface area (Å²) in [5, 5.41) is 4.24. The van der Waals surface area contributed by atoms with Crippen molar-refractivity contribution in [1.29, 1.82) is 0 Å². The molecule has 17 heavy (non-hydrogen) atoms. The number of rotatable bonds is 5. The highest BCUT2D eigenvalue weighted by Crippen LogP contribution is 2.34. The van der Waals surface area contributed by atoms with E-state index in [4.69, 9.17) is 10.6 Å². The number of thiophene rings is 1. The van der Waals surface area contributed by atoms with Crippen molar-refractivity contribution in [1.82, 2.24) is 5.43 Å². The molecule has 4 heteroatoms. The van der Waals surface area contributed by atoms with Gasteiger partial charge in [0.15, 0.2) is 0 Å². The molecule has 2 unspecified atom stereocenters. The van der Waals surface area contributed by atoms with Crippen molar-refractivity contribution in [3.05, 3.63) is 22.4 Å². The van der Waals surface area contributed by atoms with Gasteiger partial charge in [0.05, 0.1) is 12.1 Å². The van der Waals surface area contributed by atoms with Gasteiger partial charge in [-0.3, -0.25) is 11.3 Å². The Bertz CT molecular complexity index is 309. The summed E-state index contributed by atoms with van der Waals surface area (Å²) in [6.07, 6.45) is 6.74. The molecule has 1 fully saturated rings. The van der Waals surface area contributed by atoms with Gasteiger partial charge in [0, 0.05) is 7.11 Å². The smallest absolute Gasteiger partial charge is 0.0807 e. The molecule has 2 rings (SSSR count). The van der Waals surface area contributed by atoms with E-state index in [0.29, 0.717) is 5.92 Å². The molecular formula is C13H22N2OS. The fourth-order valence-electron chi connectivity index (χ4n) is 2.90. The van der Waals surface area contributed by atoms with Crippen molar-refractivity contribution in [2.75, 3.05) is 7.11 Å². The molecule has 1 heterocycles. The van der Waals surface area contributed by atoms with E-state index in [1.54, 1.807) is 18.4 Å². The summed E-state index contributed by atoms with van der Waals surface area (Å²) < 4.78 is 5.73. The lowest BCUT2D eigenvalue weighted by molar-refractivity contribution is 0.00760. The number of hydrazine groups is 1. The minimum absolute atomic E-state index is 0.120. The SMILES string of the molecule is COC(C1CCCCC1)C(NN)c1ccsc1. The van der Waals surface area contributed by atoms with Gasteiger partial charge >= 0.3 is 0 Å². The van der Waals surface area contributed by atoms with Crippen LogP contribution in [-0.4, -0.2) is 13.2 Å². The van der Waals surface area contributed by atoms with Gasteiger partial charge in [-0.05, 0) is 41.1 Å². The first-order chi connectivity index (χ1) is 8.36. The van der Waals surface area contributed by atoms with Crippen LogP contribution in [0.2, 0.25) is 0 Å². The van der Waals surface area contributed by atoms with E-state index in [0.717, 1.165) is 0 Å². The third-order valence-corrected chi connectivity index (χ3v) is 4.50. The highest BCUT2D eigenvalue weighted by molar-refractivity contribution is 7.07. The van der Waals surface area contributed by atoms with Gasteiger partial charge in [-0.25, -0.2) is 0 Å². The lowest BCUT2D eigenvalue weighted by Crippen LogP contribution is -2.41. The highest BCUT2D eigenvalue weighted by atomic mass is 32.1. The number of nitrogens with two attached hydrogens (primary N) is 1. The molecule has 3 N–H and O–H groups in total. The first-order valence-electron chi connectivity index (χ1n) is 6.38. The van der Waals surface area contributed by atoms with E-state index in [1.807, 2.05) is 0 Å². The molecule has 96 valence electrons. The Balaban J connectivity index is 2.09. The van der Waals surface area contributed by atoms with Gasteiger partial charge in [-0.2, -0.15) is 11.3 Å². The van der Waals surface area contributed by atoms with Crippen LogP contribution in [0.25, 0.3) is 0 Å². The maximum atomic E-state index is 5.73. The Morgan fingerprint density at radius 3 is 2.71 bits per heavy atom. The zero-order chi connectivity index (χ0) is 12.1. The molecule has 1 aromatic heterocycles. The molecule has 1 aliphatic rings. The molecule has 0 aliphatic heterocycles. The highest BCUT2D eigenvalue weighted by Gasteiger charge is 2.31. The summed E-state index contributed by atoms with van der Waals surface area (Å²) in [5.41, 5.74) is 4.18. The summed E-state index contributed by atoms with van der Waals surface area (Å²) >= 11 is 1.71. The molecular weight excluding hydrogens is 232 g/mol. The first-order valence-corrected chi connectivity index (χ1v) is 7.32. The number of methoxy groups -OCH3 is 1. The van der Waals surface area contributed by atoms with Crippen LogP contribution in [0.15, 0.2) is 16.8 Å². The second-order valence-corrected chi connectivity index (χ2v) is 5.58. The second kappa shape index (κ2) is 6.50. The lowest BCUT2D eigenvalue weighted by atomic mass is 9.81. The fraction of sp³-hybridized carbons (Fsp3) is 0.692. The molecule has 0 aromatic carbocycles. The van der Waals surface area contributed by atoms with Crippen LogP contribution in [0.4, 0.5) is 0 Å². The summed E-state index contributed by atoms with van der Waals surface area (Å²) in [7, 11) is 1.80. The van der Waals surface area contributed by atoms with Gasteiger partial charge in [0.1, 0.15) is 0 Å². The predicted molar refractivity (Wildman–Crippen MR) is 71.8 cm³/mol. The Morgan fingerprint density at radius 2 is 2.18 bits per heavy atom. The predicted octanol–water partition coefficient (Wildman–Crippen LogP) is 2.85. The maximum Gasteiger partial charge on any atom is 0.0807 e. The van der Waals surface area contributed by atoms with Crippen molar-refractivity contribution in [3.63, 3.8) is 0 Å². The summed E-state index contributed by atoms with van der Waals surface area (Å²) in [4.78, 5) is 0. The van der Waals surface area contributed by atoms with E-state index in [1.165, 1.54) is 37.7 Å². The zero-order valence-corrected chi connectivity index (χ0v) is 11.2. The van der Waals surface area contributed by atoms with E-state index in [-0.39, 0.29) is 12.1 Å². The van der Waals surface area contributed by atoms with Crippen molar-refractivity contribution in [2.24, 2.45) is 11.8 Å². The Labute approximate surface area is 107 Å². The third kappa shape index (κ3) is 3.07. The van der Waals surface area contributed by atoms with Crippen LogP contribution < -0.4 is 11.3 Å². The third-order valence-electron chi connectivity index (χ3n) is 3.80. The monoisotopic (exact) mass is 254 g/mol. The van der Waals surface area contributed by atoms with Crippen molar-refractivity contribution >= 4 is 11.3 Å². The Morgan fingerprint density at radius 1 is 1.41 bits per heavy atom. The fourth-order valence-corrected chi connectivity index (χ4v) is 3.59. The van der Waals surface area contributed by atoms with E-state index in [2.05, 4.69) is 22.3 Å². The van der Waals surface area contributed by atoms with Crippen LogP contribution in [0.3, 0.4) is 0 Å². The molecule has 0 radical (unpaired) electrons. The van der Waals surface area contributed by atoms with Gasteiger partial charge in [-0.1, -0.05) is 19.3 Å². The summed E-state index contributed by atoms with van der Waals surface area (Å²) in [5.74, 6) is 6.36. The van der Waals surface area contributed by atoms with Crippen LogP contribution in [0, 0.1) is 5.92 Å². The van der Waals surface area contributed by atoms with Crippen LogP contribution in [0.5, 0.6) is 0 Å². The Hall–Kier alpha value is -0.420. The number of ether oxygens (including phenoxy) is 1. The molecule has 1 aliphatic carbocycles. The quantitative estimate of drug-likeness (QED) is 0.627. The average molecular weight is 254 g/mol. The molecule has 0 amide bonds. The number of nitrogens with one attached hydrogen (secondary N) is 1. The minimum atomic E-state index is 0.120. The van der Waals surface area contributed by atoms with Gasteiger partial charge in [-0.15, -0.1) is 0 Å². The van der Waals surface area contributed by atoms with Crippen molar-refractivity contribution < 1.29 is 4.74 Å². The summed E-state index contributed by atoms with van der Waals surface area (Å²) in [6.45, 7) is 0. The van der Waals surface area contributed by atoms with Crippen LogP contribution >= 0.6 is 11.3 Å². The van der Waals surface area contributed by atoms with Crippen LogP contribution in [-0.2, 0) is 4.74 Å². The number of hydrogen-bond donors (Lipinski definition) is 2. The Kier molecular flexibility index (Phi) is 4.98. The van der Waals surface area contributed by atoms with Crippen molar-refractivity contribution in [3.8, 4) is 0 Å². The maximum absolute atomic E-state index is 5.73. The second-order valence-electron chi connectivity index (χ2n) is 4.80. The number of hydrogen-bond acceptors (Lipinski definition) is 4. The minimum Gasteiger partial charge on any atom is -0.379 e. The average Bonchev–Trinajstić information content (AvgIpc) is 2.90. The van der Waals surface area contributed by atoms with E-state index < -0.39 is 0 Å². The topological polar surface area (TPSA) is 47.3 Å².